The van der Waals surface area contributed by atoms with Crippen molar-refractivity contribution in [3.8, 4) is 11.5 Å². The first-order valence-electron chi connectivity index (χ1n) is 9.53. The van der Waals surface area contributed by atoms with E-state index in [0.29, 0.717) is 49.7 Å². The molecule has 3 N–H and O–H groups in total. The summed E-state index contributed by atoms with van der Waals surface area (Å²) in [6, 6.07) is 5.49. The predicted molar refractivity (Wildman–Crippen MR) is 107 cm³/mol. The van der Waals surface area contributed by atoms with Crippen LogP contribution in [0.3, 0.4) is 0 Å². The molecule has 1 aliphatic heterocycles. The minimum atomic E-state index is -0.898. The number of methoxy groups -OCH3 is 1. The second-order valence-corrected chi connectivity index (χ2v) is 6.81. The molecule has 156 valence electrons. The number of nitrogens with zero attached hydrogens (tertiary/aromatic N) is 3. The van der Waals surface area contributed by atoms with Crippen LogP contribution < -0.4 is 14.8 Å². The van der Waals surface area contributed by atoms with Crippen molar-refractivity contribution in [3.63, 3.8) is 0 Å². The van der Waals surface area contributed by atoms with Gasteiger partial charge in [0.05, 0.1) is 18.5 Å². The molecule has 29 heavy (non-hydrogen) atoms. The topological polar surface area (TPSA) is 117 Å². The lowest BCUT2D eigenvalue weighted by molar-refractivity contribution is 0.0878. The third-order valence-corrected chi connectivity index (χ3v) is 4.84. The number of aliphatic hydroxyl groups is 1. The van der Waals surface area contributed by atoms with Crippen LogP contribution in [0.4, 0.5) is 16.3 Å². The molecule has 0 saturated carbocycles. The molecule has 1 amide bonds. The molecular formula is C20H26N4O5. The van der Waals surface area contributed by atoms with Crippen LogP contribution >= 0.6 is 0 Å². The van der Waals surface area contributed by atoms with E-state index in [4.69, 9.17) is 19.7 Å². The van der Waals surface area contributed by atoms with Crippen molar-refractivity contribution in [3.05, 3.63) is 35.8 Å². The Morgan fingerprint density at radius 3 is 2.69 bits per heavy atom. The molecule has 0 spiro atoms. The third kappa shape index (κ3) is 5.05. The molecule has 0 unspecified atom stereocenters. The summed E-state index contributed by atoms with van der Waals surface area (Å²) in [5, 5.41) is 21.4. The first kappa shape index (κ1) is 20.7. The van der Waals surface area contributed by atoms with Gasteiger partial charge in [-0.3, -0.25) is 4.98 Å². The van der Waals surface area contributed by atoms with Crippen LogP contribution in [-0.4, -0.2) is 64.1 Å². The zero-order valence-electron chi connectivity index (χ0n) is 16.6. The molecule has 1 saturated heterocycles. The number of carboxylic acid groups (broad SMARTS) is 1. The van der Waals surface area contributed by atoms with Gasteiger partial charge in [-0.25, -0.2) is 9.78 Å². The summed E-state index contributed by atoms with van der Waals surface area (Å²) < 4.78 is 11.6. The minimum absolute atomic E-state index is 0.0549. The number of piperidine rings is 1. The number of hydrogen-bond acceptors (Lipinski definition) is 7. The Hall–Kier alpha value is -3.07. The molecule has 2 aromatic rings. The quantitative estimate of drug-likeness (QED) is 0.647. The smallest absolute Gasteiger partial charge is 0.407 e. The Kier molecular flexibility index (Phi) is 6.71. The van der Waals surface area contributed by atoms with Gasteiger partial charge < -0.3 is 29.9 Å². The van der Waals surface area contributed by atoms with E-state index in [1.54, 1.807) is 19.4 Å². The standard InChI is InChI=1S/C20H26N4O5/c1-13-16(4-3-14(22-13)8-12-25)23-19-18(28-2)17(5-9-21-19)29-15-6-10-24(11-7-15)20(26)27/h3-5,9,15,25H,6-8,10-12H2,1-2H3,(H,21,23)(H,26,27). The summed E-state index contributed by atoms with van der Waals surface area (Å²) in [6.45, 7) is 2.83. The van der Waals surface area contributed by atoms with Gasteiger partial charge in [0.15, 0.2) is 11.6 Å². The Morgan fingerprint density at radius 2 is 2.07 bits per heavy atom. The highest BCUT2D eigenvalue weighted by molar-refractivity contribution is 5.67. The van der Waals surface area contributed by atoms with Crippen LogP contribution in [0.5, 0.6) is 11.5 Å². The number of ether oxygens (including phenoxy) is 2. The molecule has 9 nitrogen and oxygen atoms in total. The molecule has 0 aromatic carbocycles. The fourth-order valence-electron chi connectivity index (χ4n) is 3.28. The van der Waals surface area contributed by atoms with Gasteiger partial charge in [-0.05, 0) is 19.1 Å². The number of hydrogen-bond donors (Lipinski definition) is 3. The maximum absolute atomic E-state index is 11.1. The first-order valence-corrected chi connectivity index (χ1v) is 9.53. The lowest BCUT2D eigenvalue weighted by Gasteiger charge is -2.30. The lowest BCUT2D eigenvalue weighted by Crippen LogP contribution is -2.41. The van der Waals surface area contributed by atoms with Crippen molar-refractivity contribution < 1.29 is 24.5 Å². The van der Waals surface area contributed by atoms with Gasteiger partial charge in [0.1, 0.15) is 6.10 Å². The average Bonchev–Trinajstić information content (AvgIpc) is 2.71. The van der Waals surface area contributed by atoms with Gasteiger partial charge in [-0.1, -0.05) is 0 Å². The van der Waals surface area contributed by atoms with Gasteiger partial charge in [-0.2, -0.15) is 0 Å². The molecule has 0 bridgehead atoms. The van der Waals surface area contributed by atoms with Crippen LogP contribution in [0.15, 0.2) is 24.4 Å². The number of aliphatic hydroxyl groups excluding tert-OH is 1. The third-order valence-electron chi connectivity index (χ3n) is 4.84. The van der Waals surface area contributed by atoms with Gasteiger partial charge in [-0.15, -0.1) is 0 Å². The first-order chi connectivity index (χ1) is 14.0. The van der Waals surface area contributed by atoms with E-state index in [2.05, 4.69) is 15.3 Å². The van der Waals surface area contributed by atoms with Crippen molar-refractivity contribution in [1.82, 2.24) is 14.9 Å². The van der Waals surface area contributed by atoms with Gasteiger partial charge >= 0.3 is 6.09 Å². The van der Waals surface area contributed by atoms with Gasteiger partial charge in [0.25, 0.3) is 0 Å². The molecule has 3 heterocycles. The normalized spacial score (nSPS) is 14.5. The van der Waals surface area contributed by atoms with E-state index in [0.717, 1.165) is 17.1 Å². The number of likely N-dealkylation sites (tertiary alicyclic amines) is 1. The van der Waals surface area contributed by atoms with E-state index in [-0.39, 0.29) is 12.7 Å². The highest BCUT2D eigenvalue weighted by Gasteiger charge is 2.25. The van der Waals surface area contributed by atoms with E-state index in [9.17, 15) is 4.79 Å². The summed E-state index contributed by atoms with van der Waals surface area (Å²) in [7, 11) is 1.55. The SMILES string of the molecule is COc1c(OC2CCN(C(=O)O)CC2)ccnc1Nc1ccc(CCO)nc1C. The Morgan fingerprint density at radius 1 is 1.31 bits per heavy atom. The number of carbonyl (C=O) groups is 1. The Bertz CT molecular complexity index is 853. The van der Waals surface area contributed by atoms with Crippen LogP contribution in [-0.2, 0) is 6.42 Å². The molecule has 1 aliphatic rings. The molecule has 1 fully saturated rings. The molecule has 0 radical (unpaired) electrons. The summed E-state index contributed by atoms with van der Waals surface area (Å²) in [6.07, 6.45) is 2.40. The van der Waals surface area contributed by atoms with Crippen molar-refractivity contribution >= 4 is 17.6 Å². The summed E-state index contributed by atoms with van der Waals surface area (Å²) in [4.78, 5) is 21.3. The average molecular weight is 402 g/mol. The highest BCUT2D eigenvalue weighted by Crippen LogP contribution is 2.36. The van der Waals surface area contributed by atoms with Crippen molar-refractivity contribution in [2.24, 2.45) is 0 Å². The van der Waals surface area contributed by atoms with Gasteiger partial charge in [0.2, 0.25) is 5.75 Å². The monoisotopic (exact) mass is 402 g/mol. The minimum Gasteiger partial charge on any atom is -0.490 e. The number of aromatic nitrogens is 2. The number of aryl methyl sites for hydroxylation is 1. The van der Waals surface area contributed by atoms with E-state index >= 15 is 0 Å². The molecule has 3 rings (SSSR count). The van der Waals surface area contributed by atoms with Crippen molar-refractivity contribution in [1.29, 1.82) is 0 Å². The highest BCUT2D eigenvalue weighted by atomic mass is 16.5. The molecule has 9 heteroatoms. The maximum atomic E-state index is 11.1. The van der Waals surface area contributed by atoms with Crippen molar-refractivity contribution in [2.45, 2.75) is 32.3 Å². The van der Waals surface area contributed by atoms with E-state index in [1.807, 2.05) is 19.1 Å². The van der Waals surface area contributed by atoms with Gasteiger partial charge in [0, 0.05) is 56.9 Å². The number of anilines is 2. The summed E-state index contributed by atoms with van der Waals surface area (Å²) in [5.41, 5.74) is 2.39. The number of amides is 1. The number of rotatable bonds is 7. The largest absolute Gasteiger partial charge is 0.490 e. The Labute approximate surface area is 169 Å². The van der Waals surface area contributed by atoms with E-state index in [1.165, 1.54) is 4.90 Å². The Balaban J connectivity index is 1.74. The van der Waals surface area contributed by atoms with Crippen molar-refractivity contribution in [2.75, 3.05) is 32.1 Å². The lowest BCUT2D eigenvalue weighted by atomic mass is 10.1. The fraction of sp³-hybridized carbons (Fsp3) is 0.450. The molecule has 0 aliphatic carbocycles. The number of nitrogens with one attached hydrogen (secondary N) is 1. The van der Waals surface area contributed by atoms with Crippen LogP contribution in [0.25, 0.3) is 0 Å². The predicted octanol–water partition coefficient (Wildman–Crippen LogP) is 2.59. The number of pyridine rings is 2. The second-order valence-electron chi connectivity index (χ2n) is 6.81. The molecular weight excluding hydrogens is 376 g/mol. The van der Waals surface area contributed by atoms with E-state index < -0.39 is 6.09 Å². The van der Waals surface area contributed by atoms with Crippen LogP contribution in [0.1, 0.15) is 24.2 Å². The van der Waals surface area contributed by atoms with Crippen LogP contribution in [0, 0.1) is 6.92 Å². The fourth-order valence-corrected chi connectivity index (χ4v) is 3.28. The second kappa shape index (κ2) is 9.42. The molecule has 0 atom stereocenters. The zero-order valence-corrected chi connectivity index (χ0v) is 16.6. The van der Waals surface area contributed by atoms with Crippen LogP contribution in [0.2, 0.25) is 0 Å². The maximum Gasteiger partial charge on any atom is 0.407 e. The summed E-state index contributed by atoms with van der Waals surface area (Å²) in [5.74, 6) is 1.54. The summed E-state index contributed by atoms with van der Waals surface area (Å²) >= 11 is 0. The molecule has 2 aromatic heterocycles. The zero-order chi connectivity index (χ0) is 20.8.